The van der Waals surface area contributed by atoms with Gasteiger partial charge in [-0.15, -0.1) is 0 Å². The molecule has 3 nitrogen and oxygen atoms in total. The van der Waals surface area contributed by atoms with Gasteiger partial charge in [0.25, 0.3) is 0 Å². The number of anilines is 2. The Morgan fingerprint density at radius 3 is 2.45 bits per heavy atom. The molecule has 154 valence electrons. The van der Waals surface area contributed by atoms with Gasteiger partial charge in [-0.3, -0.25) is 4.90 Å². The first kappa shape index (κ1) is 18.8. The molecule has 3 aliphatic rings. The van der Waals surface area contributed by atoms with E-state index in [1.807, 2.05) is 0 Å². The monoisotopic (exact) mass is 401 g/mol. The summed E-state index contributed by atoms with van der Waals surface area (Å²) in [6.07, 6.45) is 0.403. The topological polar surface area (TPSA) is 18.5 Å². The van der Waals surface area contributed by atoms with Crippen molar-refractivity contribution in [1.82, 2.24) is 4.90 Å². The van der Waals surface area contributed by atoms with E-state index in [-0.39, 0.29) is 0 Å². The molecule has 0 amide bonds. The molecular formula is C23H26F3N3. The molecular weight excluding hydrogens is 375 g/mol. The van der Waals surface area contributed by atoms with Gasteiger partial charge < -0.3 is 10.2 Å². The van der Waals surface area contributed by atoms with Gasteiger partial charge in [0.15, 0.2) is 0 Å². The number of rotatable bonds is 3. The third-order valence-corrected chi connectivity index (χ3v) is 6.68. The first-order valence-electron chi connectivity index (χ1n) is 10.5. The Balaban J connectivity index is 1.20. The van der Waals surface area contributed by atoms with Crippen LogP contribution >= 0.6 is 0 Å². The van der Waals surface area contributed by atoms with E-state index in [1.54, 1.807) is 12.1 Å². The molecule has 0 aliphatic carbocycles. The van der Waals surface area contributed by atoms with Crippen molar-refractivity contribution in [3.8, 4) is 0 Å². The molecule has 3 heterocycles. The molecule has 1 unspecified atom stereocenters. The average molecular weight is 401 g/mol. The summed E-state index contributed by atoms with van der Waals surface area (Å²) < 4.78 is 38.3. The van der Waals surface area contributed by atoms with Crippen LogP contribution in [-0.4, -0.2) is 37.2 Å². The van der Waals surface area contributed by atoms with E-state index in [2.05, 4.69) is 33.3 Å². The highest BCUT2D eigenvalue weighted by Gasteiger charge is 2.35. The quantitative estimate of drug-likeness (QED) is 0.773. The fourth-order valence-corrected chi connectivity index (χ4v) is 5.15. The zero-order valence-corrected chi connectivity index (χ0v) is 16.4. The molecule has 2 aromatic rings. The van der Waals surface area contributed by atoms with Gasteiger partial charge in [-0.1, -0.05) is 24.3 Å². The average Bonchev–Trinajstić information content (AvgIpc) is 3.08. The van der Waals surface area contributed by atoms with E-state index in [9.17, 15) is 13.2 Å². The maximum Gasteiger partial charge on any atom is 0.416 e. The number of piperidine rings is 1. The highest BCUT2D eigenvalue weighted by molar-refractivity contribution is 5.80. The summed E-state index contributed by atoms with van der Waals surface area (Å²) in [6.45, 7) is 4.05. The van der Waals surface area contributed by atoms with Crippen molar-refractivity contribution in [3.63, 3.8) is 0 Å². The molecule has 0 bridgehead atoms. The Morgan fingerprint density at radius 2 is 1.72 bits per heavy atom. The Bertz CT molecular complexity index is 870. The summed E-state index contributed by atoms with van der Waals surface area (Å²) in [6, 6.07) is 12.3. The van der Waals surface area contributed by atoms with Crippen molar-refractivity contribution in [2.24, 2.45) is 0 Å². The summed E-state index contributed by atoms with van der Waals surface area (Å²) in [5.74, 6) is 0.351. The molecule has 5 rings (SSSR count). The Morgan fingerprint density at radius 1 is 0.966 bits per heavy atom. The summed E-state index contributed by atoms with van der Waals surface area (Å²) in [7, 11) is 0. The summed E-state index contributed by atoms with van der Waals surface area (Å²) in [5.41, 5.74) is 4.57. The number of hydrogen-bond acceptors (Lipinski definition) is 3. The fraction of sp³-hybridized carbons (Fsp3) is 0.478. The van der Waals surface area contributed by atoms with E-state index in [0.29, 0.717) is 12.1 Å². The van der Waals surface area contributed by atoms with Crippen LogP contribution < -0.4 is 10.2 Å². The van der Waals surface area contributed by atoms with Gasteiger partial charge in [0, 0.05) is 13.1 Å². The predicted molar refractivity (Wildman–Crippen MR) is 109 cm³/mol. The SMILES string of the molecule is FC(F)(F)c1ccc(C2CCN(CC3Nc4cccc5c4N3CCC5)CC2)cc1. The maximum atomic E-state index is 12.8. The molecule has 29 heavy (non-hydrogen) atoms. The molecule has 3 aliphatic heterocycles. The van der Waals surface area contributed by atoms with Gasteiger partial charge >= 0.3 is 6.18 Å². The predicted octanol–water partition coefficient (Wildman–Crippen LogP) is 5.09. The number of hydrogen-bond donors (Lipinski definition) is 1. The van der Waals surface area contributed by atoms with Crippen molar-refractivity contribution in [2.45, 2.75) is 43.9 Å². The van der Waals surface area contributed by atoms with Crippen LogP contribution in [0.4, 0.5) is 24.5 Å². The number of nitrogens with zero attached hydrogens (tertiary/aromatic N) is 2. The first-order valence-corrected chi connectivity index (χ1v) is 10.5. The van der Waals surface area contributed by atoms with E-state index >= 15 is 0 Å². The second-order valence-corrected chi connectivity index (χ2v) is 8.47. The Labute approximate surface area is 169 Å². The van der Waals surface area contributed by atoms with Gasteiger partial charge in [-0.05, 0) is 74.0 Å². The third kappa shape index (κ3) is 3.59. The summed E-state index contributed by atoms with van der Waals surface area (Å²) >= 11 is 0. The van der Waals surface area contributed by atoms with Crippen LogP contribution in [0.3, 0.4) is 0 Å². The van der Waals surface area contributed by atoms with Crippen LogP contribution in [0, 0.1) is 0 Å². The lowest BCUT2D eigenvalue weighted by Crippen LogP contribution is -2.48. The van der Waals surface area contributed by atoms with E-state index < -0.39 is 11.7 Å². The normalized spacial score (nSPS) is 22.4. The van der Waals surface area contributed by atoms with E-state index in [0.717, 1.165) is 51.0 Å². The highest BCUT2D eigenvalue weighted by Crippen LogP contribution is 2.41. The van der Waals surface area contributed by atoms with Crippen molar-refractivity contribution in [2.75, 3.05) is 36.4 Å². The highest BCUT2D eigenvalue weighted by atomic mass is 19.4. The smallest absolute Gasteiger partial charge is 0.362 e. The van der Waals surface area contributed by atoms with Crippen LogP contribution in [0.2, 0.25) is 0 Å². The largest absolute Gasteiger partial charge is 0.416 e. The number of alkyl halides is 3. The number of nitrogens with one attached hydrogen (secondary N) is 1. The molecule has 1 N–H and O–H groups in total. The molecule has 0 saturated carbocycles. The van der Waals surface area contributed by atoms with Crippen molar-refractivity contribution in [1.29, 1.82) is 0 Å². The minimum Gasteiger partial charge on any atom is -0.362 e. The lowest BCUT2D eigenvalue weighted by molar-refractivity contribution is -0.137. The maximum absolute atomic E-state index is 12.8. The molecule has 0 aromatic heterocycles. The second kappa shape index (κ2) is 7.24. The number of benzene rings is 2. The van der Waals surface area contributed by atoms with Crippen molar-refractivity contribution >= 4 is 11.4 Å². The Kier molecular flexibility index (Phi) is 4.69. The zero-order valence-electron chi connectivity index (χ0n) is 16.4. The minimum absolute atomic E-state index is 0.314. The van der Waals surface area contributed by atoms with Gasteiger partial charge in [-0.25, -0.2) is 0 Å². The van der Waals surface area contributed by atoms with Crippen LogP contribution in [0.25, 0.3) is 0 Å². The molecule has 2 aromatic carbocycles. The summed E-state index contributed by atoms with van der Waals surface area (Å²) in [5, 5.41) is 3.70. The Hall–Kier alpha value is -2.21. The van der Waals surface area contributed by atoms with Crippen LogP contribution in [-0.2, 0) is 12.6 Å². The van der Waals surface area contributed by atoms with E-state index in [1.165, 1.54) is 35.5 Å². The molecule has 1 fully saturated rings. The standard InChI is InChI=1S/C23H26F3N3/c24-23(25,26)19-8-6-16(7-9-19)17-10-13-28(14-11-17)15-21-27-20-5-1-3-18-4-2-12-29(21)22(18)20/h1,3,5-9,17,21,27H,2,4,10-15H2. The third-order valence-electron chi connectivity index (χ3n) is 6.68. The first-order chi connectivity index (χ1) is 14.0. The molecule has 0 spiro atoms. The van der Waals surface area contributed by atoms with Crippen molar-refractivity contribution in [3.05, 3.63) is 59.2 Å². The van der Waals surface area contributed by atoms with Gasteiger partial charge in [0.1, 0.15) is 6.17 Å². The van der Waals surface area contributed by atoms with Crippen LogP contribution in [0.15, 0.2) is 42.5 Å². The van der Waals surface area contributed by atoms with Gasteiger partial charge in [0.2, 0.25) is 0 Å². The van der Waals surface area contributed by atoms with Crippen LogP contribution in [0.1, 0.15) is 41.9 Å². The molecule has 6 heteroatoms. The van der Waals surface area contributed by atoms with E-state index in [4.69, 9.17) is 0 Å². The lowest BCUT2D eigenvalue weighted by atomic mass is 9.89. The lowest BCUT2D eigenvalue weighted by Gasteiger charge is -2.37. The van der Waals surface area contributed by atoms with Crippen LogP contribution in [0.5, 0.6) is 0 Å². The second-order valence-electron chi connectivity index (χ2n) is 8.47. The summed E-state index contributed by atoms with van der Waals surface area (Å²) in [4.78, 5) is 5.02. The van der Waals surface area contributed by atoms with Gasteiger partial charge in [-0.2, -0.15) is 13.2 Å². The number of aryl methyl sites for hydroxylation is 1. The fourth-order valence-electron chi connectivity index (χ4n) is 5.15. The number of likely N-dealkylation sites (tertiary alicyclic amines) is 1. The van der Waals surface area contributed by atoms with Crippen molar-refractivity contribution < 1.29 is 13.2 Å². The number of para-hydroxylation sites is 1. The van der Waals surface area contributed by atoms with Gasteiger partial charge in [0.05, 0.1) is 16.9 Å². The molecule has 1 atom stereocenters. The minimum atomic E-state index is -4.26. The zero-order chi connectivity index (χ0) is 20.0. The molecule has 1 saturated heterocycles. The molecule has 0 radical (unpaired) electrons. The number of halogens is 3.